The Hall–Kier alpha value is -1.11. The second kappa shape index (κ2) is 11.7. The maximum Gasteiger partial charge on any atom is 0.337 e. The Kier molecular flexibility index (Phi) is 9.84. The molecule has 4 N–H and O–H groups in total. The number of hydrogen-bond acceptors (Lipinski definition) is 3. The number of halogens is 2. The first-order chi connectivity index (χ1) is 14.5. The molecular formula is C21H31Cl2N2O5P. The van der Waals surface area contributed by atoms with Gasteiger partial charge in [-0.1, -0.05) is 69.2 Å². The van der Waals surface area contributed by atoms with Gasteiger partial charge in [-0.3, -0.25) is 14.2 Å². The van der Waals surface area contributed by atoms with Crippen LogP contribution in [0.1, 0.15) is 58.8 Å². The fourth-order valence-electron chi connectivity index (χ4n) is 3.90. The molecule has 2 atom stereocenters. The first-order valence-corrected chi connectivity index (χ1v) is 13.0. The van der Waals surface area contributed by atoms with E-state index in [9.17, 15) is 23.9 Å². The molecule has 1 aliphatic carbocycles. The van der Waals surface area contributed by atoms with Crippen LogP contribution in [0.15, 0.2) is 18.2 Å². The van der Waals surface area contributed by atoms with Crippen LogP contribution in [0.3, 0.4) is 0 Å². The summed E-state index contributed by atoms with van der Waals surface area (Å²) >= 11 is 11.9. The zero-order valence-corrected chi connectivity index (χ0v) is 20.2. The van der Waals surface area contributed by atoms with Crippen LogP contribution in [0.5, 0.6) is 0 Å². The van der Waals surface area contributed by atoms with Gasteiger partial charge in [0.15, 0.2) is 0 Å². The van der Waals surface area contributed by atoms with E-state index in [-0.39, 0.29) is 23.3 Å². The highest BCUT2D eigenvalue weighted by Gasteiger charge is 2.38. The lowest BCUT2D eigenvalue weighted by Gasteiger charge is -2.28. The van der Waals surface area contributed by atoms with Gasteiger partial charge in [0.05, 0.1) is 10.0 Å². The average Bonchev–Trinajstić information content (AvgIpc) is 2.68. The van der Waals surface area contributed by atoms with Gasteiger partial charge in [-0.15, -0.1) is 0 Å². The van der Waals surface area contributed by atoms with Crippen molar-refractivity contribution in [2.45, 2.75) is 70.5 Å². The highest BCUT2D eigenvalue weighted by molar-refractivity contribution is 7.53. The van der Waals surface area contributed by atoms with E-state index in [0.29, 0.717) is 17.1 Å². The number of carbonyl (C=O) groups excluding carboxylic acids is 2. The minimum atomic E-state index is -4.67. The normalized spacial score (nSPS) is 17.3. The highest BCUT2D eigenvalue weighted by Crippen LogP contribution is 2.44. The average molecular weight is 493 g/mol. The molecule has 0 aliphatic heterocycles. The van der Waals surface area contributed by atoms with E-state index in [4.69, 9.17) is 23.2 Å². The molecule has 1 aromatic carbocycles. The second-order valence-corrected chi connectivity index (χ2v) is 11.3. The van der Waals surface area contributed by atoms with Crippen molar-refractivity contribution in [3.8, 4) is 0 Å². The summed E-state index contributed by atoms with van der Waals surface area (Å²) in [5.41, 5.74) is -1.06. The third-order valence-electron chi connectivity index (χ3n) is 5.52. The van der Waals surface area contributed by atoms with Gasteiger partial charge in [0, 0.05) is 5.69 Å². The van der Waals surface area contributed by atoms with Crippen molar-refractivity contribution >= 4 is 48.3 Å². The van der Waals surface area contributed by atoms with Crippen LogP contribution in [-0.4, -0.2) is 33.3 Å². The van der Waals surface area contributed by atoms with E-state index in [1.165, 1.54) is 6.07 Å². The first kappa shape index (κ1) is 26.1. The number of carbonyl (C=O) groups is 2. The zero-order valence-electron chi connectivity index (χ0n) is 17.8. The molecule has 0 bridgehead atoms. The number of nitrogens with one attached hydrogen (secondary N) is 2. The van der Waals surface area contributed by atoms with E-state index >= 15 is 0 Å². The Balaban J connectivity index is 2.19. The minimum absolute atomic E-state index is 0.0284. The number of benzene rings is 1. The molecule has 2 rings (SSSR count). The van der Waals surface area contributed by atoms with Crippen LogP contribution >= 0.6 is 30.8 Å². The molecule has 1 aliphatic rings. The van der Waals surface area contributed by atoms with Crippen LogP contribution in [0.2, 0.25) is 10.0 Å². The maximum atomic E-state index is 13.0. The summed E-state index contributed by atoms with van der Waals surface area (Å²) in [6.45, 7) is 3.57. The lowest BCUT2D eigenvalue weighted by atomic mass is 9.84. The molecule has 1 unspecified atom stereocenters. The molecular weight excluding hydrogens is 462 g/mol. The van der Waals surface area contributed by atoms with Crippen molar-refractivity contribution in [3.05, 3.63) is 28.2 Å². The van der Waals surface area contributed by atoms with E-state index in [2.05, 4.69) is 10.6 Å². The number of rotatable bonds is 9. The Morgan fingerprint density at radius 1 is 1.10 bits per heavy atom. The van der Waals surface area contributed by atoms with Gasteiger partial charge >= 0.3 is 7.60 Å². The SMILES string of the molecule is CC(C)CC(C(=O)N[C@@H](CC1CCCCC1)C(=O)Nc1ccc(Cl)c(Cl)c1)P(=O)(O)O. The Bertz CT molecular complexity index is 824. The van der Waals surface area contributed by atoms with Gasteiger partial charge in [0.2, 0.25) is 11.8 Å². The molecule has 1 saturated carbocycles. The lowest BCUT2D eigenvalue weighted by molar-refractivity contribution is -0.127. The standard InChI is InChI=1S/C21H31Cl2N2O5P/c1-13(2)10-19(31(28,29)30)21(27)25-18(11-14-6-4-3-5-7-14)20(26)24-15-8-9-16(22)17(23)12-15/h8-9,12-14,18-19H,3-7,10-11H2,1-2H3,(H,24,26)(H,25,27)(H2,28,29,30)/t18-,19?/m0/s1. The van der Waals surface area contributed by atoms with E-state index in [1.807, 2.05) is 0 Å². The van der Waals surface area contributed by atoms with Crippen LogP contribution in [0.25, 0.3) is 0 Å². The number of anilines is 1. The first-order valence-electron chi connectivity index (χ1n) is 10.6. The third kappa shape index (κ3) is 8.39. The molecule has 0 heterocycles. The molecule has 0 aromatic heterocycles. The maximum absolute atomic E-state index is 13.0. The fraction of sp³-hybridized carbons (Fsp3) is 0.619. The topological polar surface area (TPSA) is 116 Å². The largest absolute Gasteiger partial charge is 0.343 e. The summed E-state index contributed by atoms with van der Waals surface area (Å²) < 4.78 is 11.9. The van der Waals surface area contributed by atoms with Gasteiger partial charge < -0.3 is 20.4 Å². The fourth-order valence-corrected chi connectivity index (χ4v) is 5.28. The summed E-state index contributed by atoms with van der Waals surface area (Å²) in [5, 5.41) is 5.99. The highest BCUT2D eigenvalue weighted by atomic mass is 35.5. The molecule has 1 aromatic rings. The zero-order chi connectivity index (χ0) is 23.2. The Morgan fingerprint density at radius 2 is 1.74 bits per heavy atom. The lowest BCUT2D eigenvalue weighted by Crippen LogP contribution is -2.48. The third-order valence-corrected chi connectivity index (χ3v) is 7.51. The van der Waals surface area contributed by atoms with Gasteiger partial charge in [-0.25, -0.2) is 0 Å². The van der Waals surface area contributed by atoms with Gasteiger partial charge in [-0.05, 0) is 42.9 Å². The second-order valence-electron chi connectivity index (χ2n) is 8.65. The molecule has 2 amide bonds. The molecule has 0 spiro atoms. The summed E-state index contributed by atoms with van der Waals surface area (Å²) in [6.07, 6.45) is 5.64. The summed E-state index contributed by atoms with van der Waals surface area (Å²) in [4.78, 5) is 45.2. The molecule has 7 nitrogen and oxygen atoms in total. The van der Waals surface area contributed by atoms with Gasteiger partial charge in [-0.2, -0.15) is 0 Å². The van der Waals surface area contributed by atoms with Gasteiger partial charge in [0.25, 0.3) is 0 Å². The van der Waals surface area contributed by atoms with Crippen LogP contribution in [0, 0.1) is 11.8 Å². The molecule has 0 radical (unpaired) electrons. The van der Waals surface area contributed by atoms with Crippen molar-refractivity contribution < 1.29 is 23.9 Å². The molecule has 174 valence electrons. The van der Waals surface area contributed by atoms with Crippen LogP contribution < -0.4 is 10.6 Å². The van der Waals surface area contributed by atoms with Crippen molar-refractivity contribution in [1.82, 2.24) is 5.32 Å². The Morgan fingerprint density at radius 3 is 2.29 bits per heavy atom. The summed E-state index contributed by atoms with van der Waals surface area (Å²) in [6, 6.07) is 3.76. The smallest absolute Gasteiger partial charge is 0.337 e. The van der Waals surface area contributed by atoms with Gasteiger partial charge in [0.1, 0.15) is 11.7 Å². The van der Waals surface area contributed by atoms with Crippen molar-refractivity contribution in [2.24, 2.45) is 11.8 Å². The number of hydrogen-bond donors (Lipinski definition) is 4. The van der Waals surface area contributed by atoms with E-state index < -0.39 is 31.1 Å². The van der Waals surface area contributed by atoms with Crippen molar-refractivity contribution in [3.63, 3.8) is 0 Å². The quantitative estimate of drug-likeness (QED) is 0.362. The molecule has 10 heteroatoms. The van der Waals surface area contributed by atoms with E-state index in [1.54, 1.807) is 26.0 Å². The summed E-state index contributed by atoms with van der Waals surface area (Å²) in [5.74, 6) is -1.08. The molecule has 31 heavy (non-hydrogen) atoms. The number of amides is 2. The van der Waals surface area contributed by atoms with Crippen molar-refractivity contribution in [1.29, 1.82) is 0 Å². The predicted octanol–water partition coefficient (Wildman–Crippen LogP) is 4.98. The van der Waals surface area contributed by atoms with Crippen molar-refractivity contribution in [2.75, 3.05) is 5.32 Å². The van der Waals surface area contributed by atoms with E-state index in [0.717, 1.165) is 32.1 Å². The summed E-state index contributed by atoms with van der Waals surface area (Å²) in [7, 11) is -4.67. The monoisotopic (exact) mass is 492 g/mol. The van der Waals surface area contributed by atoms with Crippen LogP contribution in [-0.2, 0) is 14.2 Å². The minimum Gasteiger partial charge on any atom is -0.343 e. The molecule has 0 saturated heterocycles. The Labute approximate surface area is 193 Å². The molecule has 1 fully saturated rings. The van der Waals surface area contributed by atoms with Crippen LogP contribution in [0.4, 0.5) is 5.69 Å². The predicted molar refractivity (Wildman–Crippen MR) is 124 cm³/mol.